The van der Waals surface area contributed by atoms with Gasteiger partial charge in [0.2, 0.25) is 5.91 Å². The van der Waals surface area contributed by atoms with Gasteiger partial charge in [-0.15, -0.1) is 0 Å². The zero-order valence-corrected chi connectivity index (χ0v) is 14.4. The molecule has 0 aromatic heterocycles. The second kappa shape index (κ2) is 7.67. The second-order valence-corrected chi connectivity index (χ2v) is 6.61. The number of carbonyl (C=O) groups excluding carboxylic acids is 3. The molecule has 3 amide bonds. The molecule has 0 aliphatic carbocycles. The van der Waals surface area contributed by atoms with Gasteiger partial charge in [0.15, 0.2) is 0 Å². The highest BCUT2D eigenvalue weighted by Crippen LogP contribution is 2.32. The van der Waals surface area contributed by atoms with Crippen LogP contribution in [-0.4, -0.2) is 64.6 Å². The van der Waals surface area contributed by atoms with Gasteiger partial charge in [-0.2, -0.15) is 0 Å². The number of nitro benzene ring substituents is 1. The molecule has 10 heteroatoms. The SMILES string of the molecule is O=C(CN1C(=O)S/C(=C/c2cccc([N+](=O)[O-])c2)C1=O)N1CCOCC1. The molecule has 0 unspecified atom stereocenters. The third-order valence-corrected chi connectivity index (χ3v) is 4.82. The van der Waals surface area contributed by atoms with Crippen molar-refractivity contribution in [1.82, 2.24) is 9.80 Å². The lowest BCUT2D eigenvalue weighted by Crippen LogP contribution is -2.46. The fourth-order valence-corrected chi connectivity index (χ4v) is 3.40. The second-order valence-electron chi connectivity index (χ2n) is 5.61. The Morgan fingerprint density at radius 3 is 2.73 bits per heavy atom. The van der Waals surface area contributed by atoms with E-state index in [0.717, 1.165) is 4.90 Å². The van der Waals surface area contributed by atoms with Gasteiger partial charge in [0.25, 0.3) is 16.8 Å². The van der Waals surface area contributed by atoms with Crippen molar-refractivity contribution < 1.29 is 24.0 Å². The van der Waals surface area contributed by atoms with Crippen LogP contribution in [0.15, 0.2) is 29.2 Å². The lowest BCUT2D eigenvalue weighted by atomic mass is 10.2. The maximum Gasteiger partial charge on any atom is 0.294 e. The minimum Gasteiger partial charge on any atom is -0.378 e. The first kappa shape index (κ1) is 18.1. The summed E-state index contributed by atoms with van der Waals surface area (Å²) in [7, 11) is 0. The van der Waals surface area contributed by atoms with Crippen molar-refractivity contribution in [2.24, 2.45) is 0 Å². The molecule has 2 aliphatic heterocycles. The smallest absolute Gasteiger partial charge is 0.294 e. The van der Waals surface area contributed by atoms with Crippen LogP contribution in [0, 0.1) is 10.1 Å². The van der Waals surface area contributed by atoms with E-state index in [1.54, 1.807) is 11.0 Å². The third kappa shape index (κ3) is 3.92. The van der Waals surface area contributed by atoms with Crippen LogP contribution in [0.3, 0.4) is 0 Å². The Bertz CT molecular complexity index is 803. The lowest BCUT2D eigenvalue weighted by molar-refractivity contribution is -0.384. The van der Waals surface area contributed by atoms with Crippen molar-refractivity contribution in [3.05, 3.63) is 44.8 Å². The van der Waals surface area contributed by atoms with Gasteiger partial charge in [-0.05, 0) is 23.4 Å². The monoisotopic (exact) mass is 377 g/mol. The highest BCUT2D eigenvalue weighted by Gasteiger charge is 2.37. The maximum absolute atomic E-state index is 12.4. The molecule has 2 fully saturated rings. The van der Waals surface area contributed by atoms with Gasteiger partial charge >= 0.3 is 0 Å². The minimum atomic E-state index is -0.576. The van der Waals surface area contributed by atoms with E-state index < -0.39 is 16.1 Å². The summed E-state index contributed by atoms with van der Waals surface area (Å²) < 4.78 is 5.17. The summed E-state index contributed by atoms with van der Waals surface area (Å²) in [5, 5.41) is 10.3. The first-order valence-corrected chi connectivity index (χ1v) is 8.62. The molecule has 1 aromatic carbocycles. The van der Waals surface area contributed by atoms with Crippen molar-refractivity contribution in [3.63, 3.8) is 0 Å². The Balaban J connectivity index is 1.73. The van der Waals surface area contributed by atoms with Crippen LogP contribution in [0.5, 0.6) is 0 Å². The van der Waals surface area contributed by atoms with E-state index in [1.807, 2.05) is 0 Å². The molecule has 0 saturated carbocycles. The predicted octanol–water partition coefficient (Wildman–Crippen LogP) is 1.49. The molecule has 1 aromatic rings. The van der Waals surface area contributed by atoms with Crippen LogP contribution in [-0.2, 0) is 14.3 Å². The normalized spacial score (nSPS) is 19.3. The molecule has 2 aliphatic rings. The Morgan fingerprint density at radius 2 is 2.04 bits per heavy atom. The largest absolute Gasteiger partial charge is 0.378 e. The number of morpholine rings is 1. The van der Waals surface area contributed by atoms with E-state index in [1.165, 1.54) is 24.3 Å². The molecular weight excluding hydrogens is 362 g/mol. The summed E-state index contributed by atoms with van der Waals surface area (Å²) in [6.45, 7) is 1.40. The minimum absolute atomic E-state index is 0.111. The average molecular weight is 377 g/mol. The van der Waals surface area contributed by atoms with Crippen LogP contribution in [0.4, 0.5) is 10.5 Å². The average Bonchev–Trinajstić information content (AvgIpc) is 2.90. The van der Waals surface area contributed by atoms with Crippen LogP contribution in [0.25, 0.3) is 6.08 Å². The van der Waals surface area contributed by atoms with Crippen LogP contribution in [0.1, 0.15) is 5.56 Å². The molecule has 0 radical (unpaired) electrons. The molecule has 136 valence electrons. The number of imide groups is 1. The number of amides is 3. The van der Waals surface area contributed by atoms with Crippen molar-refractivity contribution >= 4 is 40.6 Å². The lowest BCUT2D eigenvalue weighted by Gasteiger charge is -2.28. The zero-order valence-electron chi connectivity index (χ0n) is 13.6. The molecule has 26 heavy (non-hydrogen) atoms. The molecule has 0 spiro atoms. The van der Waals surface area contributed by atoms with E-state index in [0.29, 0.717) is 43.6 Å². The quantitative estimate of drug-likeness (QED) is 0.444. The van der Waals surface area contributed by atoms with Gasteiger partial charge < -0.3 is 9.64 Å². The Labute approximate surface area is 152 Å². The maximum atomic E-state index is 12.4. The summed E-state index contributed by atoms with van der Waals surface area (Å²) in [5.41, 5.74) is 0.324. The number of thioether (sulfide) groups is 1. The summed E-state index contributed by atoms with van der Waals surface area (Å²) in [6, 6.07) is 5.74. The number of benzene rings is 1. The number of nitrogens with zero attached hydrogens (tertiary/aromatic N) is 3. The van der Waals surface area contributed by atoms with Gasteiger partial charge in [-0.1, -0.05) is 12.1 Å². The van der Waals surface area contributed by atoms with Crippen LogP contribution in [0.2, 0.25) is 0 Å². The van der Waals surface area contributed by atoms with E-state index in [-0.39, 0.29) is 23.0 Å². The fraction of sp³-hybridized carbons (Fsp3) is 0.312. The first-order chi connectivity index (χ1) is 12.5. The first-order valence-electron chi connectivity index (χ1n) is 7.81. The Hall–Kier alpha value is -2.72. The molecule has 2 saturated heterocycles. The summed E-state index contributed by atoms with van der Waals surface area (Å²) in [4.78, 5) is 49.7. The molecule has 2 heterocycles. The molecule has 0 atom stereocenters. The molecule has 0 N–H and O–H groups in total. The number of hydrogen-bond acceptors (Lipinski definition) is 7. The van der Waals surface area contributed by atoms with Crippen molar-refractivity contribution in [2.45, 2.75) is 0 Å². The number of nitro groups is 1. The fourth-order valence-electron chi connectivity index (χ4n) is 2.56. The predicted molar refractivity (Wildman–Crippen MR) is 93.2 cm³/mol. The standard InChI is InChI=1S/C16H15N3O6S/c20-14(17-4-6-25-7-5-17)10-18-15(21)13(26-16(18)22)9-11-2-1-3-12(8-11)19(23)24/h1-3,8-9H,4-7,10H2/b13-9+. The highest BCUT2D eigenvalue weighted by molar-refractivity contribution is 8.18. The van der Waals surface area contributed by atoms with Crippen molar-refractivity contribution in [3.8, 4) is 0 Å². The molecule has 3 rings (SSSR count). The van der Waals surface area contributed by atoms with Crippen molar-refractivity contribution in [1.29, 1.82) is 0 Å². The Kier molecular flexibility index (Phi) is 5.33. The Morgan fingerprint density at radius 1 is 1.31 bits per heavy atom. The van der Waals surface area contributed by atoms with Crippen molar-refractivity contribution in [2.75, 3.05) is 32.8 Å². The number of carbonyl (C=O) groups is 3. The zero-order chi connectivity index (χ0) is 18.7. The number of ether oxygens (including phenoxy) is 1. The van der Waals surface area contributed by atoms with Gasteiger partial charge in [-0.3, -0.25) is 29.4 Å². The van der Waals surface area contributed by atoms with E-state index in [2.05, 4.69) is 0 Å². The van der Waals surface area contributed by atoms with Gasteiger partial charge in [0.1, 0.15) is 6.54 Å². The molecule has 0 bridgehead atoms. The third-order valence-electron chi connectivity index (χ3n) is 3.91. The number of non-ortho nitro benzene ring substituents is 1. The van der Waals surface area contributed by atoms with E-state index in [9.17, 15) is 24.5 Å². The molecule has 9 nitrogen and oxygen atoms in total. The van der Waals surface area contributed by atoms with E-state index >= 15 is 0 Å². The number of rotatable bonds is 4. The van der Waals surface area contributed by atoms with Crippen LogP contribution < -0.4 is 0 Å². The van der Waals surface area contributed by atoms with Gasteiger partial charge in [0, 0.05) is 25.2 Å². The van der Waals surface area contributed by atoms with E-state index in [4.69, 9.17) is 4.74 Å². The van der Waals surface area contributed by atoms with Crippen LogP contribution >= 0.6 is 11.8 Å². The van der Waals surface area contributed by atoms with Gasteiger partial charge in [-0.25, -0.2) is 0 Å². The summed E-state index contributed by atoms with van der Waals surface area (Å²) >= 11 is 0.713. The van der Waals surface area contributed by atoms with Gasteiger partial charge in [0.05, 0.1) is 23.0 Å². The summed E-state index contributed by atoms with van der Waals surface area (Å²) in [5.74, 6) is -0.889. The topological polar surface area (TPSA) is 110 Å². The number of hydrogen-bond donors (Lipinski definition) is 0. The highest BCUT2D eigenvalue weighted by atomic mass is 32.2. The molecular formula is C16H15N3O6S. The summed E-state index contributed by atoms with van der Waals surface area (Å²) in [6.07, 6.45) is 1.41.